The second-order valence-electron chi connectivity index (χ2n) is 5.51. The number of nitrogens with one attached hydrogen (secondary N) is 1. The number of rotatable bonds is 5. The summed E-state index contributed by atoms with van der Waals surface area (Å²) in [6.45, 7) is 8.71. The van der Waals surface area contributed by atoms with E-state index in [4.69, 9.17) is 0 Å². The van der Waals surface area contributed by atoms with Crippen molar-refractivity contribution in [2.24, 2.45) is 0 Å². The molecule has 17 heavy (non-hydrogen) atoms. The monoisotopic (exact) mass is 257 g/mol. The van der Waals surface area contributed by atoms with Crippen LogP contribution in [-0.2, 0) is 0 Å². The van der Waals surface area contributed by atoms with Crippen molar-refractivity contribution in [1.82, 2.24) is 4.72 Å². The third kappa shape index (κ3) is 5.73. The zero-order valence-corrected chi connectivity index (χ0v) is 12.2. The van der Waals surface area contributed by atoms with Gasteiger partial charge in [0.05, 0.1) is 0 Å². The SMILES string of the molecule is CCCC(NSC(C)(C)C)C1=CCCC(F)=C1. The maximum Gasteiger partial charge on any atom is 0.101 e. The molecule has 0 aromatic heterocycles. The quantitative estimate of drug-likeness (QED) is 0.712. The van der Waals surface area contributed by atoms with Gasteiger partial charge in [0.1, 0.15) is 5.83 Å². The van der Waals surface area contributed by atoms with Crippen molar-refractivity contribution in [2.45, 2.75) is 64.2 Å². The molecule has 1 rings (SSSR count). The molecule has 0 fully saturated rings. The Hall–Kier alpha value is -0.280. The van der Waals surface area contributed by atoms with Gasteiger partial charge in [0.2, 0.25) is 0 Å². The van der Waals surface area contributed by atoms with Crippen LogP contribution in [0.4, 0.5) is 4.39 Å². The van der Waals surface area contributed by atoms with E-state index in [2.05, 4.69) is 38.5 Å². The van der Waals surface area contributed by atoms with Crippen molar-refractivity contribution in [2.75, 3.05) is 0 Å². The second kappa shape index (κ2) is 6.60. The molecule has 0 saturated heterocycles. The standard InChI is InChI=1S/C14H24FNS/c1-5-7-13(16-17-14(2,3)4)11-8-6-9-12(15)10-11/h8,10,13,16H,5-7,9H2,1-4H3. The van der Waals surface area contributed by atoms with E-state index in [9.17, 15) is 4.39 Å². The largest absolute Gasteiger partial charge is 0.256 e. The normalized spacial score (nSPS) is 18.6. The Balaban J connectivity index is 2.62. The summed E-state index contributed by atoms with van der Waals surface area (Å²) in [5.41, 5.74) is 1.12. The van der Waals surface area contributed by atoms with Crippen LogP contribution in [0.2, 0.25) is 0 Å². The molecule has 0 saturated carbocycles. The van der Waals surface area contributed by atoms with Crippen molar-refractivity contribution in [3.05, 3.63) is 23.6 Å². The molecule has 0 bridgehead atoms. The Morgan fingerprint density at radius 3 is 2.71 bits per heavy atom. The molecule has 0 aromatic carbocycles. The van der Waals surface area contributed by atoms with E-state index in [0.717, 1.165) is 24.8 Å². The van der Waals surface area contributed by atoms with Gasteiger partial charge in [-0.05, 0) is 45.3 Å². The molecular formula is C14H24FNS. The molecule has 0 aliphatic heterocycles. The third-order valence-corrected chi connectivity index (χ3v) is 3.59. The minimum Gasteiger partial charge on any atom is -0.256 e. The Labute approximate surface area is 109 Å². The number of hydrogen-bond donors (Lipinski definition) is 1. The van der Waals surface area contributed by atoms with Crippen molar-refractivity contribution in [3.63, 3.8) is 0 Å². The average molecular weight is 257 g/mol. The highest BCUT2D eigenvalue weighted by molar-refractivity contribution is 7.98. The van der Waals surface area contributed by atoms with Gasteiger partial charge in [0.15, 0.2) is 0 Å². The van der Waals surface area contributed by atoms with Gasteiger partial charge in [-0.2, -0.15) is 0 Å². The summed E-state index contributed by atoms with van der Waals surface area (Å²) < 4.78 is 17.0. The van der Waals surface area contributed by atoms with Crippen molar-refractivity contribution in [1.29, 1.82) is 0 Å². The van der Waals surface area contributed by atoms with Gasteiger partial charge in [0.25, 0.3) is 0 Å². The van der Waals surface area contributed by atoms with Crippen LogP contribution in [0.15, 0.2) is 23.6 Å². The van der Waals surface area contributed by atoms with Crippen molar-refractivity contribution in [3.8, 4) is 0 Å². The zero-order valence-electron chi connectivity index (χ0n) is 11.3. The first-order valence-corrected chi connectivity index (χ1v) is 7.23. The summed E-state index contributed by atoms with van der Waals surface area (Å²) in [4.78, 5) is 0. The second-order valence-corrected chi connectivity index (χ2v) is 7.17. The lowest BCUT2D eigenvalue weighted by molar-refractivity contribution is 0.570. The summed E-state index contributed by atoms with van der Waals surface area (Å²) in [5.74, 6) is 0.0196. The van der Waals surface area contributed by atoms with Crippen molar-refractivity contribution >= 4 is 11.9 Å². The van der Waals surface area contributed by atoms with Crippen LogP contribution < -0.4 is 4.72 Å². The van der Waals surface area contributed by atoms with Gasteiger partial charge in [0, 0.05) is 17.2 Å². The minimum atomic E-state index is 0.0196. The number of hydrogen-bond acceptors (Lipinski definition) is 2. The first-order chi connectivity index (χ1) is 7.92. The number of halogens is 1. The molecule has 1 nitrogen and oxygen atoms in total. The Morgan fingerprint density at radius 1 is 1.47 bits per heavy atom. The molecular weight excluding hydrogens is 233 g/mol. The Kier molecular flexibility index (Phi) is 5.74. The van der Waals surface area contributed by atoms with E-state index >= 15 is 0 Å². The summed E-state index contributed by atoms with van der Waals surface area (Å²) in [5, 5.41) is 0. The molecule has 1 N–H and O–H groups in total. The Morgan fingerprint density at radius 2 is 2.18 bits per heavy atom. The van der Waals surface area contributed by atoms with E-state index in [-0.39, 0.29) is 16.6 Å². The van der Waals surface area contributed by atoms with Crippen LogP contribution in [0.3, 0.4) is 0 Å². The first kappa shape index (κ1) is 14.8. The number of allylic oxidation sites excluding steroid dienone is 2. The predicted octanol–water partition coefficient (Wildman–Crippen LogP) is 4.77. The molecule has 1 atom stereocenters. The van der Waals surface area contributed by atoms with Crippen LogP contribution in [0.5, 0.6) is 0 Å². The Bertz CT molecular complexity index is 302. The molecule has 0 spiro atoms. The average Bonchev–Trinajstić information content (AvgIpc) is 2.23. The lowest BCUT2D eigenvalue weighted by Crippen LogP contribution is -2.29. The molecule has 0 amide bonds. The highest BCUT2D eigenvalue weighted by Gasteiger charge is 2.18. The topological polar surface area (TPSA) is 12.0 Å². The van der Waals surface area contributed by atoms with E-state index in [1.54, 1.807) is 18.0 Å². The smallest absolute Gasteiger partial charge is 0.101 e. The van der Waals surface area contributed by atoms with Crippen LogP contribution in [0.1, 0.15) is 53.4 Å². The summed E-state index contributed by atoms with van der Waals surface area (Å²) >= 11 is 1.73. The lowest BCUT2D eigenvalue weighted by Gasteiger charge is -2.26. The molecule has 3 heteroatoms. The molecule has 0 heterocycles. The summed E-state index contributed by atoms with van der Waals surface area (Å²) in [6, 6.07) is 0.273. The zero-order chi connectivity index (χ0) is 12.9. The third-order valence-electron chi connectivity index (χ3n) is 2.57. The maximum atomic E-state index is 13.3. The maximum absolute atomic E-state index is 13.3. The highest BCUT2D eigenvalue weighted by atomic mass is 32.2. The van der Waals surface area contributed by atoms with E-state index in [1.165, 1.54) is 0 Å². The fourth-order valence-corrected chi connectivity index (χ4v) is 2.51. The van der Waals surface area contributed by atoms with Gasteiger partial charge in [-0.25, -0.2) is 4.39 Å². The fourth-order valence-electron chi connectivity index (χ4n) is 1.76. The summed E-state index contributed by atoms with van der Waals surface area (Å²) in [6.07, 6.45) is 7.43. The van der Waals surface area contributed by atoms with Crippen LogP contribution >= 0.6 is 11.9 Å². The molecule has 1 aliphatic carbocycles. The van der Waals surface area contributed by atoms with Gasteiger partial charge >= 0.3 is 0 Å². The minimum absolute atomic E-state index is 0.0196. The van der Waals surface area contributed by atoms with E-state index in [0.29, 0.717) is 6.42 Å². The predicted molar refractivity (Wildman–Crippen MR) is 75.7 cm³/mol. The van der Waals surface area contributed by atoms with Gasteiger partial charge < -0.3 is 0 Å². The van der Waals surface area contributed by atoms with Crippen LogP contribution in [0.25, 0.3) is 0 Å². The molecule has 98 valence electrons. The van der Waals surface area contributed by atoms with Crippen molar-refractivity contribution < 1.29 is 4.39 Å². The lowest BCUT2D eigenvalue weighted by atomic mass is 9.97. The summed E-state index contributed by atoms with van der Waals surface area (Å²) in [7, 11) is 0. The highest BCUT2D eigenvalue weighted by Crippen LogP contribution is 2.26. The van der Waals surface area contributed by atoms with Crippen LogP contribution in [-0.4, -0.2) is 10.8 Å². The molecule has 1 unspecified atom stereocenters. The fraction of sp³-hybridized carbons (Fsp3) is 0.714. The van der Waals surface area contributed by atoms with Gasteiger partial charge in [-0.3, -0.25) is 4.72 Å². The van der Waals surface area contributed by atoms with Crippen LogP contribution in [0, 0.1) is 0 Å². The molecule has 0 aromatic rings. The molecule has 0 radical (unpaired) electrons. The van der Waals surface area contributed by atoms with E-state index in [1.807, 2.05) is 0 Å². The van der Waals surface area contributed by atoms with Gasteiger partial charge in [-0.15, -0.1) is 0 Å². The molecule has 1 aliphatic rings. The van der Waals surface area contributed by atoms with Gasteiger partial charge in [-0.1, -0.05) is 31.4 Å². The van der Waals surface area contributed by atoms with E-state index < -0.39 is 0 Å². The first-order valence-electron chi connectivity index (χ1n) is 6.42.